The molecule has 1 N–H and O–H groups in total. The third-order valence-corrected chi connectivity index (χ3v) is 7.32. The molecule has 2 amide bonds. The van der Waals surface area contributed by atoms with E-state index in [9.17, 15) is 18.0 Å². The third-order valence-electron chi connectivity index (χ3n) is 6.26. The summed E-state index contributed by atoms with van der Waals surface area (Å²) in [7, 11) is 2.17. The van der Waals surface area contributed by atoms with Gasteiger partial charge in [-0.1, -0.05) is 29.8 Å². The van der Waals surface area contributed by atoms with Crippen LogP contribution in [0, 0.1) is 0 Å². The first-order chi connectivity index (χ1) is 16.6. The van der Waals surface area contributed by atoms with Gasteiger partial charge in [-0.05, 0) is 49.6 Å². The normalized spacial score (nSPS) is 15.1. The van der Waals surface area contributed by atoms with Crippen LogP contribution < -0.4 is 34.2 Å². The van der Waals surface area contributed by atoms with Crippen molar-refractivity contribution in [2.45, 2.75) is 25.4 Å². The number of anilines is 2. The molecule has 1 aromatic heterocycles. The highest BCUT2D eigenvalue weighted by atomic mass is 127. The summed E-state index contributed by atoms with van der Waals surface area (Å²) in [5.41, 5.74) is 0.615. The van der Waals surface area contributed by atoms with Gasteiger partial charge in [-0.15, -0.1) is 11.3 Å². The molecule has 2 aromatic carbocycles. The molecular formula is C25H27ClF3IN4OS. The molecule has 11 heteroatoms. The van der Waals surface area contributed by atoms with Crippen molar-refractivity contribution in [2.24, 2.45) is 0 Å². The van der Waals surface area contributed by atoms with E-state index in [-0.39, 0.29) is 34.8 Å². The molecule has 0 spiro atoms. The monoisotopic (exact) mass is 650 g/mol. The Morgan fingerprint density at radius 2 is 1.86 bits per heavy atom. The van der Waals surface area contributed by atoms with Gasteiger partial charge in [0.15, 0.2) is 5.13 Å². The molecule has 1 aliphatic heterocycles. The molecule has 5 nitrogen and oxygen atoms in total. The fraction of sp³-hybridized carbons (Fsp3) is 0.360. The zero-order valence-corrected chi connectivity index (χ0v) is 23.4. The van der Waals surface area contributed by atoms with Crippen LogP contribution >= 0.6 is 22.9 Å². The van der Waals surface area contributed by atoms with Crippen molar-refractivity contribution in [3.63, 3.8) is 0 Å². The Labute approximate surface area is 234 Å². The Balaban J connectivity index is 0.00000361. The van der Waals surface area contributed by atoms with Gasteiger partial charge in [-0.3, -0.25) is 0 Å². The number of carbonyl (C=O) groups excluding carboxylic acids is 1. The summed E-state index contributed by atoms with van der Waals surface area (Å²) in [6.07, 6.45) is -0.985. The maximum atomic E-state index is 13.4. The number of aromatic nitrogens is 1. The number of amides is 2. The van der Waals surface area contributed by atoms with Crippen LogP contribution in [0.3, 0.4) is 0 Å². The Hall–Kier alpha value is -1.89. The highest BCUT2D eigenvalue weighted by Crippen LogP contribution is 2.36. The minimum absolute atomic E-state index is 0. The second-order valence-corrected chi connectivity index (χ2v) is 10.3. The van der Waals surface area contributed by atoms with E-state index in [1.54, 1.807) is 23.6 Å². The van der Waals surface area contributed by atoms with E-state index in [2.05, 4.69) is 17.3 Å². The Kier molecular flexibility index (Phi) is 9.64. The van der Waals surface area contributed by atoms with Crippen LogP contribution in [0.4, 0.5) is 28.8 Å². The van der Waals surface area contributed by atoms with E-state index in [0.29, 0.717) is 17.3 Å². The molecule has 2 heterocycles. The molecule has 3 aromatic rings. The minimum atomic E-state index is -4.53. The van der Waals surface area contributed by atoms with Gasteiger partial charge < -0.3 is 33.8 Å². The number of quaternary nitrogens is 1. The second-order valence-electron chi connectivity index (χ2n) is 8.99. The average Bonchev–Trinajstić information content (AvgIpc) is 3.29. The largest absolute Gasteiger partial charge is 1.00 e. The van der Waals surface area contributed by atoms with Crippen molar-refractivity contribution in [1.82, 2.24) is 10.3 Å². The topological polar surface area (TPSA) is 45.2 Å². The summed E-state index contributed by atoms with van der Waals surface area (Å²) in [5.74, 6) is 0. The van der Waals surface area contributed by atoms with Crippen molar-refractivity contribution in [2.75, 3.05) is 38.1 Å². The first kappa shape index (κ1) is 28.7. The van der Waals surface area contributed by atoms with Crippen LogP contribution in [-0.2, 0) is 6.18 Å². The lowest BCUT2D eigenvalue weighted by Gasteiger charge is -2.38. The van der Waals surface area contributed by atoms with E-state index >= 15 is 0 Å². The van der Waals surface area contributed by atoms with Gasteiger partial charge >= 0.3 is 12.2 Å². The molecule has 36 heavy (non-hydrogen) atoms. The lowest BCUT2D eigenvalue weighted by atomic mass is 10.1. The number of likely N-dealkylation sites (N-methyl/N-ethyl adjacent to an activating group) is 1. The molecule has 194 valence electrons. The number of urea groups is 1. The zero-order chi connectivity index (χ0) is 25.1. The molecule has 1 fully saturated rings. The zero-order valence-electron chi connectivity index (χ0n) is 19.7. The number of nitrogens with zero attached hydrogens (tertiary/aromatic N) is 3. The number of nitrogens with one attached hydrogen (secondary N) is 1. The van der Waals surface area contributed by atoms with E-state index in [1.807, 2.05) is 6.07 Å². The molecule has 1 aliphatic rings. The van der Waals surface area contributed by atoms with E-state index in [0.717, 1.165) is 54.7 Å². The van der Waals surface area contributed by atoms with Crippen molar-refractivity contribution < 1.29 is 46.4 Å². The van der Waals surface area contributed by atoms with Crippen molar-refractivity contribution in [1.29, 1.82) is 0 Å². The molecule has 0 saturated carbocycles. The Bertz CT molecular complexity index is 1180. The highest BCUT2D eigenvalue weighted by Gasteiger charge is 2.32. The molecule has 0 radical (unpaired) electrons. The predicted octanol–water partition coefficient (Wildman–Crippen LogP) is 3.96. The summed E-state index contributed by atoms with van der Waals surface area (Å²) in [5, 5.41) is 5.48. The average molecular weight is 651 g/mol. The summed E-state index contributed by atoms with van der Waals surface area (Å²) in [4.78, 5) is 19.1. The van der Waals surface area contributed by atoms with Crippen LogP contribution in [-0.4, -0.2) is 48.7 Å². The van der Waals surface area contributed by atoms with Crippen LogP contribution in [0.1, 0.15) is 24.8 Å². The number of piperidine rings is 1. The lowest BCUT2D eigenvalue weighted by molar-refractivity contribution is -0.912. The van der Waals surface area contributed by atoms with Crippen molar-refractivity contribution >= 4 is 39.8 Å². The van der Waals surface area contributed by atoms with Gasteiger partial charge in [-0.25, -0.2) is 14.7 Å². The lowest BCUT2D eigenvalue weighted by Crippen LogP contribution is -3.00. The number of alkyl halides is 3. The maximum absolute atomic E-state index is 13.4. The van der Waals surface area contributed by atoms with Gasteiger partial charge in [0.2, 0.25) is 0 Å². The minimum Gasteiger partial charge on any atom is -1.00 e. The molecule has 0 unspecified atom stereocenters. The fourth-order valence-corrected chi connectivity index (χ4v) is 5.34. The smallest absolute Gasteiger partial charge is 0.416 e. The summed E-state index contributed by atoms with van der Waals surface area (Å²) in [6.45, 7) is 3.29. The standard InChI is InChI=1S/C25H26ClF3N4OS.HI/c1-33(12-3-2-4-13-33)14-11-30-23(34)32(21-10-6-8-19(16-21)25(27,28)29)24-31-22(17-35-24)18-7-5-9-20(26)15-18;/h5-10,15-17H,2-4,11-14H2,1H3;1H. The summed E-state index contributed by atoms with van der Waals surface area (Å²) < 4.78 is 41.1. The van der Waals surface area contributed by atoms with Crippen LogP contribution in [0.25, 0.3) is 11.3 Å². The first-order valence-corrected chi connectivity index (χ1v) is 12.7. The summed E-state index contributed by atoms with van der Waals surface area (Å²) in [6, 6.07) is 11.3. The fourth-order valence-electron chi connectivity index (χ4n) is 4.29. The Morgan fingerprint density at radius 1 is 1.14 bits per heavy atom. The number of hydrogen-bond acceptors (Lipinski definition) is 3. The number of carbonyl (C=O) groups is 1. The molecule has 0 aliphatic carbocycles. The maximum Gasteiger partial charge on any atom is 0.416 e. The number of benzene rings is 2. The van der Waals surface area contributed by atoms with Crippen LogP contribution in [0.5, 0.6) is 0 Å². The highest BCUT2D eigenvalue weighted by molar-refractivity contribution is 7.14. The van der Waals surface area contributed by atoms with Gasteiger partial charge in [0, 0.05) is 16.0 Å². The van der Waals surface area contributed by atoms with E-state index in [4.69, 9.17) is 11.6 Å². The van der Waals surface area contributed by atoms with Crippen LogP contribution in [0.15, 0.2) is 53.9 Å². The Morgan fingerprint density at radius 3 is 2.56 bits per heavy atom. The number of thiazole rings is 1. The van der Waals surface area contributed by atoms with Crippen molar-refractivity contribution in [3.05, 3.63) is 64.5 Å². The molecule has 0 atom stereocenters. The quantitative estimate of drug-likeness (QED) is 0.325. The SMILES string of the molecule is C[N+]1(CCNC(=O)N(c2cccc(C(F)(F)F)c2)c2nc(-c3cccc(Cl)c3)cs2)CCCCC1.[I-]. The van der Waals surface area contributed by atoms with E-state index < -0.39 is 17.8 Å². The molecule has 4 rings (SSSR count). The predicted molar refractivity (Wildman–Crippen MR) is 134 cm³/mol. The number of likely N-dealkylation sites (tertiary alicyclic amines) is 1. The molecule has 1 saturated heterocycles. The van der Waals surface area contributed by atoms with Crippen LogP contribution in [0.2, 0.25) is 5.02 Å². The van der Waals surface area contributed by atoms with Gasteiger partial charge in [0.1, 0.15) is 0 Å². The van der Waals surface area contributed by atoms with Gasteiger partial charge in [0.25, 0.3) is 0 Å². The molecule has 0 bridgehead atoms. The third kappa shape index (κ3) is 7.11. The van der Waals surface area contributed by atoms with Gasteiger partial charge in [-0.2, -0.15) is 13.2 Å². The number of halogens is 5. The number of hydrogen-bond donors (Lipinski definition) is 1. The van der Waals surface area contributed by atoms with Crippen molar-refractivity contribution in [3.8, 4) is 11.3 Å². The van der Waals surface area contributed by atoms with E-state index in [1.165, 1.54) is 34.8 Å². The van der Waals surface area contributed by atoms with Gasteiger partial charge in [0.05, 0.1) is 50.2 Å². The first-order valence-electron chi connectivity index (χ1n) is 11.4. The molecular weight excluding hydrogens is 624 g/mol. The summed E-state index contributed by atoms with van der Waals surface area (Å²) >= 11 is 7.28. The second kappa shape index (κ2) is 12.1. The number of rotatable bonds is 6.